The number of hydrogen-bond acceptors (Lipinski definition) is 4. The van der Waals surface area contributed by atoms with Gasteiger partial charge < -0.3 is 10.6 Å². The molecule has 4 nitrogen and oxygen atoms in total. The highest BCUT2D eigenvalue weighted by atomic mass is 35.5. The van der Waals surface area contributed by atoms with Gasteiger partial charge in [-0.15, -0.1) is 23.7 Å². The first kappa shape index (κ1) is 20.7. The largest absolute Gasteiger partial charge is 0.416 e. The molecule has 1 fully saturated rings. The number of alkyl halides is 3. The average Bonchev–Trinajstić information content (AvgIpc) is 3.17. The van der Waals surface area contributed by atoms with E-state index in [1.807, 2.05) is 0 Å². The van der Waals surface area contributed by atoms with Crippen molar-refractivity contribution in [1.29, 1.82) is 0 Å². The van der Waals surface area contributed by atoms with Crippen molar-refractivity contribution in [3.63, 3.8) is 0 Å². The Morgan fingerprint density at radius 2 is 2.19 bits per heavy atom. The number of aryl methyl sites for hydroxylation is 1. The van der Waals surface area contributed by atoms with Crippen molar-refractivity contribution in [3.05, 3.63) is 46.1 Å². The van der Waals surface area contributed by atoms with Crippen molar-refractivity contribution < 1.29 is 18.0 Å². The number of halogens is 4. The Bertz CT molecular complexity index is 773. The Hall–Kier alpha value is -1.64. The standard InChI is InChI=1S/C17H18F3N3OS.ClH/c1-10-16(23-15(24)12-5-6-21-9-12)25-14(22-10)8-11-3-2-4-13(7-11)17(18,19)20;/h2-4,7,12,21H,5-6,8-9H2,1H3,(H,23,24);1H. The quantitative estimate of drug-likeness (QED) is 0.807. The molecule has 2 heterocycles. The summed E-state index contributed by atoms with van der Waals surface area (Å²) in [6.07, 6.45) is -3.25. The molecule has 2 aromatic rings. The van der Waals surface area contributed by atoms with Crippen LogP contribution in [0.4, 0.5) is 18.2 Å². The number of benzene rings is 1. The van der Waals surface area contributed by atoms with Crippen molar-refractivity contribution in [2.45, 2.75) is 25.9 Å². The summed E-state index contributed by atoms with van der Waals surface area (Å²) in [5, 5.41) is 7.38. The number of carbonyl (C=O) groups is 1. The van der Waals surface area contributed by atoms with E-state index in [0.29, 0.717) is 34.2 Å². The maximum absolute atomic E-state index is 12.8. The highest BCUT2D eigenvalue weighted by molar-refractivity contribution is 7.16. The summed E-state index contributed by atoms with van der Waals surface area (Å²) in [6, 6.07) is 5.24. The zero-order valence-corrected chi connectivity index (χ0v) is 15.7. The zero-order valence-electron chi connectivity index (χ0n) is 14.0. The molecule has 26 heavy (non-hydrogen) atoms. The minimum Gasteiger partial charge on any atom is -0.316 e. The second kappa shape index (κ2) is 8.37. The van der Waals surface area contributed by atoms with Crippen LogP contribution in [-0.4, -0.2) is 24.0 Å². The summed E-state index contributed by atoms with van der Waals surface area (Å²) in [6.45, 7) is 3.29. The smallest absolute Gasteiger partial charge is 0.316 e. The van der Waals surface area contributed by atoms with Crippen LogP contribution in [0.3, 0.4) is 0 Å². The van der Waals surface area contributed by atoms with Gasteiger partial charge in [-0.25, -0.2) is 4.98 Å². The molecule has 1 aromatic heterocycles. The molecule has 142 valence electrons. The van der Waals surface area contributed by atoms with E-state index in [0.717, 1.165) is 25.1 Å². The van der Waals surface area contributed by atoms with E-state index in [1.54, 1.807) is 13.0 Å². The lowest BCUT2D eigenvalue weighted by Gasteiger charge is -2.08. The Kier molecular flexibility index (Phi) is 6.65. The molecule has 1 aromatic carbocycles. The lowest BCUT2D eigenvalue weighted by atomic mass is 10.1. The zero-order chi connectivity index (χ0) is 18.0. The normalized spacial score (nSPS) is 17.0. The first-order valence-electron chi connectivity index (χ1n) is 7.97. The molecule has 1 saturated heterocycles. The van der Waals surface area contributed by atoms with Crippen molar-refractivity contribution in [2.75, 3.05) is 18.4 Å². The van der Waals surface area contributed by atoms with Crippen molar-refractivity contribution >= 4 is 34.7 Å². The van der Waals surface area contributed by atoms with Gasteiger partial charge in [-0.05, 0) is 31.5 Å². The van der Waals surface area contributed by atoms with Gasteiger partial charge in [0, 0.05) is 13.0 Å². The van der Waals surface area contributed by atoms with E-state index in [4.69, 9.17) is 0 Å². The number of nitrogens with one attached hydrogen (secondary N) is 2. The molecule has 1 atom stereocenters. The molecule has 1 amide bonds. The Labute approximate surface area is 159 Å². The van der Waals surface area contributed by atoms with Crippen molar-refractivity contribution in [2.24, 2.45) is 5.92 Å². The number of thiazole rings is 1. The maximum atomic E-state index is 12.8. The molecule has 0 radical (unpaired) electrons. The minimum absolute atomic E-state index is 0. The molecule has 0 saturated carbocycles. The topological polar surface area (TPSA) is 54.0 Å². The van der Waals surface area contributed by atoms with E-state index in [-0.39, 0.29) is 24.2 Å². The Balaban J connectivity index is 0.00000243. The predicted molar refractivity (Wildman–Crippen MR) is 98.0 cm³/mol. The third kappa shape index (κ3) is 4.96. The molecular formula is C17H19ClF3N3OS. The molecule has 0 bridgehead atoms. The van der Waals surface area contributed by atoms with Crippen LogP contribution in [0.15, 0.2) is 24.3 Å². The molecular weight excluding hydrogens is 387 g/mol. The van der Waals surface area contributed by atoms with E-state index in [1.165, 1.54) is 17.4 Å². The number of rotatable bonds is 4. The van der Waals surface area contributed by atoms with E-state index in [9.17, 15) is 18.0 Å². The Morgan fingerprint density at radius 1 is 1.42 bits per heavy atom. The highest BCUT2D eigenvalue weighted by Gasteiger charge is 2.30. The van der Waals surface area contributed by atoms with Gasteiger partial charge in [-0.2, -0.15) is 13.2 Å². The summed E-state index contributed by atoms with van der Waals surface area (Å²) in [7, 11) is 0. The average molecular weight is 406 g/mol. The number of nitrogens with zero attached hydrogens (tertiary/aromatic N) is 1. The van der Waals surface area contributed by atoms with Crippen molar-refractivity contribution in [1.82, 2.24) is 10.3 Å². The summed E-state index contributed by atoms with van der Waals surface area (Å²) in [4.78, 5) is 16.6. The van der Waals surface area contributed by atoms with Gasteiger partial charge in [0.25, 0.3) is 0 Å². The number of carbonyl (C=O) groups excluding carboxylic acids is 1. The third-order valence-corrected chi connectivity index (χ3v) is 5.19. The molecule has 9 heteroatoms. The van der Waals surface area contributed by atoms with Crippen LogP contribution < -0.4 is 10.6 Å². The van der Waals surface area contributed by atoms with Crippen LogP contribution in [0.25, 0.3) is 0 Å². The second-order valence-corrected chi connectivity index (χ2v) is 7.16. The predicted octanol–water partition coefficient (Wildman–Crippen LogP) is 4.03. The van der Waals surface area contributed by atoms with Crippen LogP contribution in [0, 0.1) is 12.8 Å². The minimum atomic E-state index is -4.36. The lowest BCUT2D eigenvalue weighted by Crippen LogP contribution is -2.24. The molecule has 1 aliphatic heterocycles. The number of anilines is 1. The Morgan fingerprint density at radius 3 is 2.85 bits per heavy atom. The van der Waals surface area contributed by atoms with Crippen LogP contribution >= 0.6 is 23.7 Å². The number of hydrogen-bond donors (Lipinski definition) is 2. The van der Waals surface area contributed by atoms with Gasteiger partial charge in [0.2, 0.25) is 5.91 Å². The van der Waals surface area contributed by atoms with Gasteiger partial charge in [0.05, 0.1) is 22.2 Å². The molecule has 0 spiro atoms. The lowest BCUT2D eigenvalue weighted by molar-refractivity contribution is -0.137. The van der Waals surface area contributed by atoms with E-state index >= 15 is 0 Å². The number of aromatic nitrogens is 1. The van der Waals surface area contributed by atoms with Gasteiger partial charge >= 0.3 is 6.18 Å². The first-order valence-corrected chi connectivity index (χ1v) is 8.78. The molecule has 0 aliphatic carbocycles. The van der Waals surface area contributed by atoms with E-state index in [2.05, 4.69) is 15.6 Å². The summed E-state index contributed by atoms with van der Waals surface area (Å²) >= 11 is 1.31. The first-order chi connectivity index (χ1) is 11.8. The number of amides is 1. The highest BCUT2D eigenvalue weighted by Crippen LogP contribution is 2.31. The third-order valence-electron chi connectivity index (χ3n) is 4.12. The monoisotopic (exact) mass is 405 g/mol. The fraction of sp³-hybridized carbons (Fsp3) is 0.412. The summed E-state index contributed by atoms with van der Waals surface area (Å²) in [5.74, 6) is -0.0872. The fourth-order valence-corrected chi connectivity index (χ4v) is 3.77. The van der Waals surface area contributed by atoms with Crippen LogP contribution in [0.1, 0.15) is 28.2 Å². The van der Waals surface area contributed by atoms with E-state index < -0.39 is 11.7 Å². The van der Waals surface area contributed by atoms with Gasteiger partial charge in [-0.3, -0.25) is 4.79 Å². The van der Waals surface area contributed by atoms with Crippen LogP contribution in [0.2, 0.25) is 0 Å². The van der Waals surface area contributed by atoms with Gasteiger partial charge in [-0.1, -0.05) is 18.2 Å². The van der Waals surface area contributed by atoms with Crippen molar-refractivity contribution in [3.8, 4) is 0 Å². The second-order valence-electron chi connectivity index (χ2n) is 6.08. The molecule has 1 unspecified atom stereocenters. The fourth-order valence-electron chi connectivity index (χ4n) is 2.77. The maximum Gasteiger partial charge on any atom is 0.416 e. The van der Waals surface area contributed by atoms with Gasteiger partial charge in [0.1, 0.15) is 5.00 Å². The van der Waals surface area contributed by atoms with Crippen LogP contribution in [-0.2, 0) is 17.4 Å². The summed E-state index contributed by atoms with van der Waals surface area (Å²) < 4.78 is 38.4. The molecule has 2 N–H and O–H groups in total. The molecule has 1 aliphatic rings. The SMILES string of the molecule is Cc1nc(Cc2cccc(C(F)(F)F)c2)sc1NC(=O)C1CCNC1.Cl. The molecule has 3 rings (SSSR count). The van der Waals surface area contributed by atoms with Gasteiger partial charge in [0.15, 0.2) is 0 Å². The summed E-state index contributed by atoms with van der Waals surface area (Å²) in [5.41, 5.74) is 0.563. The van der Waals surface area contributed by atoms with Crippen LogP contribution in [0.5, 0.6) is 0 Å².